The molecule has 120 valence electrons. The summed E-state index contributed by atoms with van der Waals surface area (Å²) < 4.78 is 2.06. The van der Waals surface area contributed by atoms with Crippen molar-refractivity contribution in [2.75, 3.05) is 13.1 Å². The highest BCUT2D eigenvalue weighted by molar-refractivity contribution is 4.97. The first kappa shape index (κ1) is 16.4. The molecule has 0 amide bonds. The van der Waals surface area contributed by atoms with E-state index in [4.69, 9.17) is 0 Å². The van der Waals surface area contributed by atoms with E-state index in [1.807, 2.05) is 0 Å². The molecule has 0 aliphatic carbocycles. The van der Waals surface area contributed by atoms with Crippen LogP contribution in [0.5, 0.6) is 0 Å². The molecule has 0 aromatic carbocycles. The maximum absolute atomic E-state index is 4.49. The normalized spacial score (nSPS) is 27.4. The van der Waals surface area contributed by atoms with Gasteiger partial charge in [0.2, 0.25) is 0 Å². The molecule has 1 fully saturated rings. The van der Waals surface area contributed by atoms with E-state index >= 15 is 0 Å². The fraction of sp³-hybridized carbons (Fsp3) is 0.875. The van der Waals surface area contributed by atoms with E-state index in [0.717, 1.165) is 44.8 Å². The van der Waals surface area contributed by atoms with E-state index in [0.29, 0.717) is 12.0 Å². The van der Waals surface area contributed by atoms with Gasteiger partial charge < -0.3 is 5.32 Å². The summed E-state index contributed by atoms with van der Waals surface area (Å²) in [5.74, 6) is 1.74. The maximum Gasteiger partial charge on any atom is 0.141 e. The fourth-order valence-electron chi connectivity index (χ4n) is 3.16. The van der Waals surface area contributed by atoms with Crippen LogP contribution in [-0.4, -0.2) is 44.3 Å². The van der Waals surface area contributed by atoms with Gasteiger partial charge in [0.25, 0.3) is 0 Å². The Morgan fingerprint density at radius 2 is 2.19 bits per heavy atom. The number of nitrogens with zero attached hydrogens (tertiary/aromatic N) is 4. The van der Waals surface area contributed by atoms with E-state index in [2.05, 4.69) is 59.6 Å². The second-order valence-electron chi connectivity index (χ2n) is 6.91. The van der Waals surface area contributed by atoms with Gasteiger partial charge >= 0.3 is 0 Å². The molecule has 0 spiro atoms. The fourth-order valence-corrected chi connectivity index (χ4v) is 3.16. The molecule has 21 heavy (non-hydrogen) atoms. The lowest BCUT2D eigenvalue weighted by Crippen LogP contribution is -2.63. The van der Waals surface area contributed by atoms with Gasteiger partial charge in [-0.05, 0) is 25.7 Å². The van der Waals surface area contributed by atoms with E-state index in [1.165, 1.54) is 0 Å². The summed E-state index contributed by atoms with van der Waals surface area (Å²) >= 11 is 0. The molecule has 0 radical (unpaired) electrons. The van der Waals surface area contributed by atoms with E-state index < -0.39 is 0 Å². The van der Waals surface area contributed by atoms with Crippen LogP contribution < -0.4 is 5.32 Å². The van der Waals surface area contributed by atoms with Crippen LogP contribution in [0.2, 0.25) is 0 Å². The highest BCUT2D eigenvalue weighted by Gasteiger charge is 2.36. The minimum Gasteiger partial charge on any atom is -0.309 e. The zero-order valence-electron chi connectivity index (χ0n) is 14.3. The number of aryl methyl sites for hydroxylation is 1. The lowest BCUT2D eigenvalue weighted by molar-refractivity contribution is 0.0507. The van der Waals surface area contributed by atoms with Crippen molar-refractivity contribution < 1.29 is 0 Å². The number of aromatic nitrogens is 3. The van der Waals surface area contributed by atoms with Crippen molar-refractivity contribution in [1.82, 2.24) is 25.0 Å². The van der Waals surface area contributed by atoms with Gasteiger partial charge in [0.15, 0.2) is 0 Å². The quantitative estimate of drug-likeness (QED) is 0.874. The van der Waals surface area contributed by atoms with E-state index in [1.54, 1.807) is 6.33 Å². The molecule has 2 rings (SSSR count). The molecule has 5 nitrogen and oxygen atoms in total. The Kier molecular flexibility index (Phi) is 5.38. The minimum absolute atomic E-state index is 0.209. The summed E-state index contributed by atoms with van der Waals surface area (Å²) in [6.45, 7) is 15.4. The smallest absolute Gasteiger partial charge is 0.141 e. The minimum atomic E-state index is 0.209. The molecule has 1 aliphatic rings. The molecular weight excluding hydrogens is 262 g/mol. The Bertz CT molecular complexity index is 442. The van der Waals surface area contributed by atoms with Gasteiger partial charge in [0.05, 0.1) is 6.54 Å². The predicted molar refractivity (Wildman–Crippen MR) is 86.0 cm³/mol. The number of hydrogen-bond acceptors (Lipinski definition) is 4. The molecule has 1 saturated heterocycles. The second kappa shape index (κ2) is 6.88. The van der Waals surface area contributed by atoms with Crippen LogP contribution >= 0.6 is 0 Å². The molecule has 2 heterocycles. The number of hydrogen-bond donors (Lipinski definition) is 1. The zero-order valence-corrected chi connectivity index (χ0v) is 14.3. The maximum atomic E-state index is 4.49. The molecule has 0 saturated carbocycles. The number of rotatable bonds is 6. The topological polar surface area (TPSA) is 46.0 Å². The Morgan fingerprint density at radius 3 is 2.81 bits per heavy atom. The summed E-state index contributed by atoms with van der Waals surface area (Å²) in [5.41, 5.74) is 0.209. The average molecular weight is 293 g/mol. The van der Waals surface area contributed by atoms with Gasteiger partial charge in [-0.3, -0.25) is 4.90 Å². The summed E-state index contributed by atoms with van der Waals surface area (Å²) in [4.78, 5) is 7.08. The van der Waals surface area contributed by atoms with Crippen LogP contribution in [0.3, 0.4) is 0 Å². The Morgan fingerprint density at radius 1 is 1.43 bits per heavy atom. The van der Waals surface area contributed by atoms with Crippen LogP contribution in [0, 0.1) is 5.92 Å². The molecule has 0 bridgehead atoms. The van der Waals surface area contributed by atoms with Crippen LogP contribution in [-0.2, 0) is 13.1 Å². The highest BCUT2D eigenvalue weighted by atomic mass is 15.4. The molecule has 1 aromatic rings. The summed E-state index contributed by atoms with van der Waals surface area (Å²) in [5, 5.41) is 8.10. The summed E-state index contributed by atoms with van der Waals surface area (Å²) in [6.07, 6.45) is 3.94. The van der Waals surface area contributed by atoms with Crippen LogP contribution in [0.4, 0.5) is 0 Å². The number of nitrogens with one attached hydrogen (secondary N) is 1. The van der Waals surface area contributed by atoms with Gasteiger partial charge in [-0.2, -0.15) is 5.10 Å². The Labute approximate surface area is 129 Å². The molecular formula is C16H31N5. The molecule has 2 atom stereocenters. The first-order chi connectivity index (χ1) is 9.99. The second-order valence-corrected chi connectivity index (χ2v) is 6.91. The first-order valence-electron chi connectivity index (χ1n) is 8.35. The SMILES string of the molecule is CCCn1ncnc1CN1CC(C)(CC)NCC1C(C)C. The molecule has 1 aliphatic heterocycles. The molecule has 5 heteroatoms. The average Bonchev–Trinajstić information content (AvgIpc) is 2.86. The third-order valence-corrected chi connectivity index (χ3v) is 4.78. The van der Waals surface area contributed by atoms with Gasteiger partial charge in [-0.25, -0.2) is 9.67 Å². The van der Waals surface area contributed by atoms with Crippen molar-refractivity contribution >= 4 is 0 Å². The van der Waals surface area contributed by atoms with E-state index in [-0.39, 0.29) is 5.54 Å². The van der Waals surface area contributed by atoms with Crippen molar-refractivity contribution in [1.29, 1.82) is 0 Å². The predicted octanol–water partition coefficient (Wildman–Crippen LogP) is 2.29. The molecule has 1 aromatic heterocycles. The molecule has 2 unspecified atom stereocenters. The third-order valence-electron chi connectivity index (χ3n) is 4.78. The third kappa shape index (κ3) is 3.83. The van der Waals surface area contributed by atoms with Crippen molar-refractivity contribution in [3.8, 4) is 0 Å². The largest absolute Gasteiger partial charge is 0.309 e. The van der Waals surface area contributed by atoms with Crippen molar-refractivity contribution in [3.05, 3.63) is 12.2 Å². The monoisotopic (exact) mass is 293 g/mol. The summed E-state index contributed by atoms with van der Waals surface area (Å²) in [7, 11) is 0. The van der Waals surface area contributed by atoms with Crippen molar-refractivity contribution in [2.45, 2.75) is 72.1 Å². The molecule has 1 N–H and O–H groups in total. The highest BCUT2D eigenvalue weighted by Crippen LogP contribution is 2.24. The van der Waals surface area contributed by atoms with Crippen LogP contribution in [0.15, 0.2) is 6.33 Å². The van der Waals surface area contributed by atoms with Gasteiger partial charge in [-0.1, -0.05) is 27.7 Å². The Hall–Kier alpha value is -0.940. The van der Waals surface area contributed by atoms with Gasteiger partial charge in [0, 0.05) is 31.2 Å². The van der Waals surface area contributed by atoms with Gasteiger partial charge in [0.1, 0.15) is 12.2 Å². The summed E-state index contributed by atoms with van der Waals surface area (Å²) in [6, 6.07) is 0.566. The van der Waals surface area contributed by atoms with Crippen LogP contribution in [0.1, 0.15) is 53.3 Å². The van der Waals surface area contributed by atoms with Crippen molar-refractivity contribution in [3.63, 3.8) is 0 Å². The standard InChI is InChI=1S/C16H31N5/c1-6-8-21-15(17-12-19-21)10-20-11-16(5,7-2)18-9-14(20)13(3)4/h12-14,18H,6-11H2,1-5H3. The lowest BCUT2D eigenvalue weighted by atomic mass is 9.90. The van der Waals surface area contributed by atoms with Crippen LogP contribution in [0.25, 0.3) is 0 Å². The van der Waals surface area contributed by atoms with Crippen molar-refractivity contribution in [2.24, 2.45) is 5.92 Å². The van der Waals surface area contributed by atoms with E-state index in [9.17, 15) is 0 Å². The first-order valence-corrected chi connectivity index (χ1v) is 8.35. The number of piperazine rings is 1. The van der Waals surface area contributed by atoms with Gasteiger partial charge in [-0.15, -0.1) is 0 Å². The zero-order chi connectivity index (χ0) is 15.5. The lowest BCUT2D eigenvalue weighted by Gasteiger charge is -2.47. The Balaban J connectivity index is 2.14.